The average molecular weight is 342 g/mol. The number of nitrogens with one attached hydrogen (secondary N) is 1. The Hall–Kier alpha value is -2.67. The Labute approximate surface area is 141 Å². The quantitative estimate of drug-likeness (QED) is 0.747. The summed E-state index contributed by atoms with van der Waals surface area (Å²) in [6.45, 7) is 1.90. The lowest BCUT2D eigenvalue weighted by atomic mass is 10.0. The minimum Gasteiger partial charge on any atom is -0.281 e. The van der Waals surface area contributed by atoms with E-state index in [4.69, 9.17) is 0 Å². The molecule has 1 N–H and O–H groups in total. The van der Waals surface area contributed by atoms with Crippen molar-refractivity contribution in [1.82, 2.24) is 14.8 Å². The van der Waals surface area contributed by atoms with Crippen LogP contribution < -0.4 is 4.72 Å². The fourth-order valence-electron chi connectivity index (χ4n) is 2.51. The maximum Gasteiger partial charge on any atom is 0.233 e. The van der Waals surface area contributed by atoms with Crippen molar-refractivity contribution >= 4 is 15.7 Å². The van der Waals surface area contributed by atoms with E-state index in [-0.39, 0.29) is 11.7 Å². The van der Waals surface area contributed by atoms with Crippen LogP contribution in [0.4, 0.5) is 5.69 Å². The SMILES string of the molecule is C[C@H](CS(=O)(=O)Nc1ccccc1-n1cncn1)c1ccccc1. The molecule has 1 heterocycles. The molecule has 0 bridgehead atoms. The van der Waals surface area contributed by atoms with Crippen molar-refractivity contribution in [3.63, 3.8) is 0 Å². The van der Waals surface area contributed by atoms with Crippen LogP contribution in [0.1, 0.15) is 18.4 Å². The molecule has 0 unspecified atom stereocenters. The zero-order chi connectivity index (χ0) is 17.0. The van der Waals surface area contributed by atoms with E-state index in [1.807, 2.05) is 43.3 Å². The van der Waals surface area contributed by atoms with Gasteiger partial charge in [-0.3, -0.25) is 4.72 Å². The third kappa shape index (κ3) is 3.80. The lowest BCUT2D eigenvalue weighted by Crippen LogP contribution is -2.21. The maximum atomic E-state index is 12.5. The van der Waals surface area contributed by atoms with Crippen molar-refractivity contribution in [2.45, 2.75) is 12.8 Å². The average Bonchev–Trinajstić information content (AvgIpc) is 3.09. The molecule has 124 valence electrons. The van der Waals surface area contributed by atoms with Gasteiger partial charge in [0.25, 0.3) is 0 Å². The number of hydrogen-bond acceptors (Lipinski definition) is 4. The number of benzene rings is 2. The summed E-state index contributed by atoms with van der Waals surface area (Å²) in [5, 5.41) is 4.06. The van der Waals surface area contributed by atoms with E-state index >= 15 is 0 Å². The molecule has 0 radical (unpaired) electrons. The highest BCUT2D eigenvalue weighted by Gasteiger charge is 2.18. The Bertz CT molecular complexity index is 893. The molecule has 0 aliphatic carbocycles. The molecule has 0 saturated heterocycles. The van der Waals surface area contributed by atoms with Gasteiger partial charge < -0.3 is 0 Å². The van der Waals surface area contributed by atoms with Crippen LogP contribution in [0.3, 0.4) is 0 Å². The Morgan fingerprint density at radius 3 is 2.50 bits per heavy atom. The molecule has 24 heavy (non-hydrogen) atoms. The molecule has 6 nitrogen and oxygen atoms in total. The molecule has 0 fully saturated rings. The van der Waals surface area contributed by atoms with E-state index in [9.17, 15) is 8.42 Å². The van der Waals surface area contributed by atoms with Crippen LogP contribution in [-0.4, -0.2) is 28.9 Å². The maximum absolute atomic E-state index is 12.5. The van der Waals surface area contributed by atoms with Gasteiger partial charge in [0.1, 0.15) is 12.7 Å². The van der Waals surface area contributed by atoms with Crippen molar-refractivity contribution in [2.75, 3.05) is 10.5 Å². The van der Waals surface area contributed by atoms with E-state index < -0.39 is 10.0 Å². The number of sulfonamides is 1. The van der Waals surface area contributed by atoms with E-state index in [0.29, 0.717) is 11.4 Å². The monoisotopic (exact) mass is 342 g/mol. The van der Waals surface area contributed by atoms with E-state index in [2.05, 4.69) is 14.8 Å². The van der Waals surface area contributed by atoms with Crippen LogP contribution in [0.25, 0.3) is 5.69 Å². The topological polar surface area (TPSA) is 76.9 Å². The summed E-state index contributed by atoms with van der Waals surface area (Å²) in [6.07, 6.45) is 2.93. The number of hydrogen-bond donors (Lipinski definition) is 1. The third-order valence-electron chi connectivity index (χ3n) is 3.67. The van der Waals surface area contributed by atoms with Crippen LogP contribution in [0.5, 0.6) is 0 Å². The number of para-hydroxylation sites is 2. The largest absolute Gasteiger partial charge is 0.281 e. The first kappa shape index (κ1) is 16.2. The molecule has 2 aromatic carbocycles. The molecular weight excluding hydrogens is 324 g/mol. The second-order valence-corrected chi connectivity index (χ2v) is 7.32. The number of aromatic nitrogens is 3. The third-order valence-corrected chi connectivity index (χ3v) is 5.14. The molecule has 0 spiro atoms. The van der Waals surface area contributed by atoms with Crippen LogP contribution in [0, 0.1) is 0 Å². The van der Waals surface area contributed by atoms with Gasteiger partial charge in [-0.1, -0.05) is 49.4 Å². The normalized spacial score (nSPS) is 12.7. The van der Waals surface area contributed by atoms with Crippen molar-refractivity contribution in [2.24, 2.45) is 0 Å². The van der Waals surface area contributed by atoms with E-state index in [1.165, 1.54) is 17.3 Å². The van der Waals surface area contributed by atoms with Crippen LogP contribution >= 0.6 is 0 Å². The fraction of sp³-hybridized carbons (Fsp3) is 0.176. The first-order valence-electron chi connectivity index (χ1n) is 7.54. The molecule has 1 aromatic heterocycles. The van der Waals surface area contributed by atoms with Gasteiger partial charge in [0.15, 0.2) is 0 Å². The molecule has 7 heteroatoms. The van der Waals surface area contributed by atoms with Crippen molar-refractivity contribution in [3.05, 3.63) is 72.8 Å². The van der Waals surface area contributed by atoms with Crippen LogP contribution in [-0.2, 0) is 10.0 Å². The number of anilines is 1. The van der Waals surface area contributed by atoms with Gasteiger partial charge in [0.2, 0.25) is 10.0 Å². The van der Waals surface area contributed by atoms with Crippen LogP contribution in [0.15, 0.2) is 67.3 Å². The molecule has 0 amide bonds. The van der Waals surface area contributed by atoms with E-state index in [1.54, 1.807) is 18.2 Å². The lowest BCUT2D eigenvalue weighted by Gasteiger charge is -2.15. The van der Waals surface area contributed by atoms with Gasteiger partial charge in [0.05, 0.1) is 17.1 Å². The zero-order valence-corrected chi connectivity index (χ0v) is 14.0. The van der Waals surface area contributed by atoms with Gasteiger partial charge >= 0.3 is 0 Å². The predicted molar refractivity (Wildman–Crippen MR) is 93.6 cm³/mol. The summed E-state index contributed by atoms with van der Waals surface area (Å²) in [6, 6.07) is 16.7. The Morgan fingerprint density at radius 2 is 1.79 bits per heavy atom. The number of rotatable bonds is 6. The first-order valence-corrected chi connectivity index (χ1v) is 9.20. The van der Waals surface area contributed by atoms with Gasteiger partial charge in [-0.05, 0) is 23.6 Å². The molecule has 0 aliphatic rings. The Morgan fingerprint density at radius 1 is 1.08 bits per heavy atom. The summed E-state index contributed by atoms with van der Waals surface area (Å²) in [5.74, 6) is -0.106. The minimum atomic E-state index is -3.51. The Kier molecular flexibility index (Phi) is 4.61. The van der Waals surface area contributed by atoms with Gasteiger partial charge in [-0.15, -0.1) is 0 Å². The molecule has 0 aliphatic heterocycles. The second kappa shape index (κ2) is 6.84. The molecule has 1 atom stereocenters. The summed E-state index contributed by atoms with van der Waals surface area (Å²) >= 11 is 0. The highest BCUT2D eigenvalue weighted by Crippen LogP contribution is 2.22. The zero-order valence-electron chi connectivity index (χ0n) is 13.2. The van der Waals surface area contributed by atoms with E-state index in [0.717, 1.165) is 5.56 Å². The second-order valence-electron chi connectivity index (χ2n) is 5.55. The summed E-state index contributed by atoms with van der Waals surface area (Å²) in [7, 11) is -3.51. The summed E-state index contributed by atoms with van der Waals surface area (Å²) in [4.78, 5) is 3.90. The highest BCUT2D eigenvalue weighted by molar-refractivity contribution is 7.92. The van der Waals surface area contributed by atoms with Crippen LogP contribution in [0.2, 0.25) is 0 Å². The first-order chi connectivity index (χ1) is 11.6. The van der Waals surface area contributed by atoms with Crippen molar-refractivity contribution < 1.29 is 8.42 Å². The molecule has 0 saturated carbocycles. The Balaban J connectivity index is 1.81. The lowest BCUT2D eigenvalue weighted by molar-refractivity contribution is 0.595. The molecule has 3 aromatic rings. The van der Waals surface area contributed by atoms with Gasteiger partial charge in [-0.25, -0.2) is 18.1 Å². The van der Waals surface area contributed by atoms with Crippen molar-refractivity contribution in [1.29, 1.82) is 0 Å². The minimum absolute atomic E-state index is 0.00268. The highest BCUT2D eigenvalue weighted by atomic mass is 32.2. The summed E-state index contributed by atoms with van der Waals surface area (Å²) < 4.78 is 29.3. The van der Waals surface area contributed by atoms with Gasteiger partial charge in [0, 0.05) is 0 Å². The smallest absolute Gasteiger partial charge is 0.233 e. The van der Waals surface area contributed by atoms with Gasteiger partial charge in [-0.2, -0.15) is 5.10 Å². The number of nitrogens with zero attached hydrogens (tertiary/aromatic N) is 3. The molecule has 3 rings (SSSR count). The summed E-state index contributed by atoms with van der Waals surface area (Å²) in [5.41, 5.74) is 2.10. The fourth-order valence-corrected chi connectivity index (χ4v) is 3.95. The van der Waals surface area contributed by atoms with Crippen molar-refractivity contribution in [3.8, 4) is 5.69 Å². The predicted octanol–water partition coefficient (Wildman–Crippen LogP) is 2.81. The standard InChI is InChI=1S/C17H18N4O2S/c1-14(15-7-3-2-4-8-15)11-24(22,23)20-16-9-5-6-10-17(16)21-13-18-12-19-21/h2-10,12-14,20H,11H2,1H3/t14-/m1/s1. The molecular formula is C17H18N4O2S.